The number of alkyl halides is 1. The Balaban J connectivity index is 1.36. The molecule has 3 atom stereocenters. The van der Waals surface area contributed by atoms with Crippen LogP contribution in [0.15, 0.2) is 24.8 Å². The number of aromatic nitrogens is 2. The van der Waals surface area contributed by atoms with E-state index in [1.54, 1.807) is 6.08 Å². The largest absolute Gasteiger partial charge is 0.489 e. The molecule has 0 unspecified atom stereocenters. The molecule has 232 valence electrons. The molecular formula is C32H28ClF3N6O2S. The lowest BCUT2D eigenvalue weighted by Gasteiger charge is -2.31. The highest BCUT2D eigenvalue weighted by atomic mass is 35.5. The molecule has 2 aromatic carbocycles. The normalized spacial score (nSPS) is 24.5. The number of hydrogen-bond acceptors (Lipinski definition) is 9. The molecule has 0 amide bonds. The van der Waals surface area contributed by atoms with Gasteiger partial charge in [-0.1, -0.05) is 23.7 Å². The molecule has 3 aliphatic heterocycles. The molecule has 3 fully saturated rings. The summed E-state index contributed by atoms with van der Waals surface area (Å²) in [5.41, 5.74) is 5.66. The maximum Gasteiger partial charge on any atom is 0.319 e. The summed E-state index contributed by atoms with van der Waals surface area (Å²) in [6, 6.07) is 4.39. The first-order valence-corrected chi connectivity index (χ1v) is 16.1. The van der Waals surface area contributed by atoms with Gasteiger partial charge < -0.3 is 20.1 Å². The van der Waals surface area contributed by atoms with Gasteiger partial charge in [0, 0.05) is 30.0 Å². The van der Waals surface area contributed by atoms with Gasteiger partial charge in [0.15, 0.2) is 11.6 Å². The molecule has 2 saturated heterocycles. The fourth-order valence-corrected chi connectivity index (χ4v) is 8.68. The number of hydrogen-bond donors (Lipinski definition) is 1. The minimum absolute atomic E-state index is 0.0361. The van der Waals surface area contributed by atoms with Gasteiger partial charge in [-0.15, -0.1) is 17.9 Å². The molecule has 4 aromatic rings. The van der Waals surface area contributed by atoms with Crippen LogP contribution in [0, 0.1) is 23.0 Å². The Morgan fingerprint density at radius 2 is 2.11 bits per heavy atom. The van der Waals surface area contributed by atoms with E-state index in [4.69, 9.17) is 31.8 Å². The number of fused-ring (bicyclic) bond motifs is 2. The molecule has 5 heterocycles. The molecule has 2 N–H and O–H groups in total. The van der Waals surface area contributed by atoms with Crippen LogP contribution in [-0.4, -0.2) is 65.0 Å². The fourth-order valence-electron chi connectivity index (χ4n) is 7.40. The van der Waals surface area contributed by atoms with Crippen molar-refractivity contribution in [3.63, 3.8) is 0 Å². The number of nitrogen functional groups attached to an aromatic ring is 1. The Bertz CT molecular complexity index is 1960. The van der Waals surface area contributed by atoms with E-state index in [1.165, 1.54) is 12.1 Å². The van der Waals surface area contributed by atoms with Crippen molar-refractivity contribution in [1.82, 2.24) is 14.9 Å². The number of nitrogens with two attached hydrogens (primary N) is 1. The number of nitriles is 1. The molecule has 4 aliphatic rings. The number of rotatable bonds is 6. The summed E-state index contributed by atoms with van der Waals surface area (Å²) < 4.78 is 59.1. The summed E-state index contributed by atoms with van der Waals surface area (Å²) in [5, 5.41) is 10.4. The highest BCUT2D eigenvalue weighted by Crippen LogP contribution is 2.52. The molecule has 1 aliphatic carbocycles. The lowest BCUT2D eigenvalue weighted by Crippen LogP contribution is -2.43. The first-order chi connectivity index (χ1) is 21.7. The second-order valence-electron chi connectivity index (χ2n) is 12.3. The van der Waals surface area contributed by atoms with Crippen LogP contribution in [0.3, 0.4) is 0 Å². The number of thiophene rings is 1. The zero-order valence-electron chi connectivity index (χ0n) is 24.1. The number of benzene rings is 2. The Morgan fingerprint density at radius 1 is 1.29 bits per heavy atom. The van der Waals surface area contributed by atoms with Crippen molar-refractivity contribution in [2.75, 3.05) is 36.9 Å². The molecular weight excluding hydrogens is 625 g/mol. The van der Waals surface area contributed by atoms with Gasteiger partial charge in [0.2, 0.25) is 0 Å². The molecule has 0 bridgehead atoms. The van der Waals surface area contributed by atoms with Gasteiger partial charge in [0.25, 0.3) is 0 Å². The lowest BCUT2D eigenvalue weighted by atomic mass is 9.95. The molecule has 45 heavy (non-hydrogen) atoms. The molecule has 2 aromatic heterocycles. The zero-order chi connectivity index (χ0) is 31.2. The van der Waals surface area contributed by atoms with Crippen molar-refractivity contribution < 1.29 is 22.6 Å². The minimum atomic E-state index is -0.936. The average molecular weight is 653 g/mol. The van der Waals surface area contributed by atoms with Gasteiger partial charge in [-0.3, -0.25) is 4.90 Å². The summed E-state index contributed by atoms with van der Waals surface area (Å²) in [5.74, 6) is -0.791. The third-order valence-electron chi connectivity index (χ3n) is 9.59. The Morgan fingerprint density at radius 3 is 2.87 bits per heavy atom. The highest BCUT2D eigenvalue weighted by molar-refractivity contribution is 7.23. The second kappa shape index (κ2) is 10.4. The smallest absolute Gasteiger partial charge is 0.319 e. The molecule has 0 spiro atoms. The summed E-state index contributed by atoms with van der Waals surface area (Å²) in [6.07, 6.45) is 4.74. The van der Waals surface area contributed by atoms with Gasteiger partial charge in [-0.2, -0.15) is 15.2 Å². The summed E-state index contributed by atoms with van der Waals surface area (Å²) >= 11 is 7.91. The topological polar surface area (TPSA) is 101 Å². The minimum Gasteiger partial charge on any atom is -0.489 e. The van der Waals surface area contributed by atoms with Crippen molar-refractivity contribution in [2.45, 2.75) is 55.9 Å². The molecule has 8 rings (SSSR count). The van der Waals surface area contributed by atoms with Gasteiger partial charge >= 0.3 is 6.01 Å². The quantitative estimate of drug-likeness (QED) is 0.228. The highest BCUT2D eigenvalue weighted by Gasteiger charge is 2.49. The molecule has 1 saturated carbocycles. The number of nitrogens with zero attached hydrogens (tertiary/aromatic N) is 5. The van der Waals surface area contributed by atoms with Crippen LogP contribution in [-0.2, 0) is 0 Å². The predicted octanol–water partition coefficient (Wildman–Crippen LogP) is 6.77. The summed E-state index contributed by atoms with van der Waals surface area (Å²) in [6.45, 7) is 5.50. The third kappa shape index (κ3) is 4.27. The fraction of sp³-hybridized carbons (Fsp3) is 0.406. The van der Waals surface area contributed by atoms with E-state index in [0.717, 1.165) is 43.6 Å². The van der Waals surface area contributed by atoms with Crippen LogP contribution in [0.4, 0.5) is 24.0 Å². The Kier molecular flexibility index (Phi) is 6.61. The van der Waals surface area contributed by atoms with Crippen molar-refractivity contribution in [3.8, 4) is 29.0 Å². The maximum atomic E-state index is 17.1. The van der Waals surface area contributed by atoms with Gasteiger partial charge in [-0.05, 0) is 43.9 Å². The molecule has 13 heteroatoms. The monoisotopic (exact) mass is 652 g/mol. The van der Waals surface area contributed by atoms with E-state index in [1.807, 2.05) is 6.07 Å². The van der Waals surface area contributed by atoms with Crippen LogP contribution in [0.1, 0.15) is 37.7 Å². The van der Waals surface area contributed by atoms with Gasteiger partial charge in [0.1, 0.15) is 47.6 Å². The molecule has 8 nitrogen and oxygen atoms in total. The van der Waals surface area contributed by atoms with E-state index in [-0.39, 0.29) is 79.4 Å². The van der Waals surface area contributed by atoms with Gasteiger partial charge in [-0.25, -0.2) is 13.2 Å². The van der Waals surface area contributed by atoms with Crippen LogP contribution >= 0.6 is 22.9 Å². The first kappa shape index (κ1) is 28.7. The van der Waals surface area contributed by atoms with E-state index in [9.17, 15) is 14.0 Å². The Labute approximate surface area is 265 Å². The number of ether oxygens (including phenoxy) is 2. The Hall–Kier alpha value is -3.79. The van der Waals surface area contributed by atoms with Crippen LogP contribution in [0.5, 0.6) is 11.8 Å². The summed E-state index contributed by atoms with van der Waals surface area (Å²) in [4.78, 5) is 13.6. The molecule has 0 radical (unpaired) electrons. The van der Waals surface area contributed by atoms with Crippen LogP contribution < -0.4 is 20.1 Å². The van der Waals surface area contributed by atoms with E-state index in [2.05, 4.69) is 21.4 Å². The standard InChI is InChI=1S/C32H28ClF3N6O2S/c1-2-16-13-43-27-23-26(25(36)22(24(27)33)18-6-7-20(35)28-21(18)19(11-37)29(38)45-28)39-31(40-30(23)42(16)17-4-5-17)44-14-32-8-3-9-41(32)12-15(34)10-32/h2,6-7,15-17H,1,3-5,8-10,12-14,38H2/t15-,16+,32+/m1/s1. The van der Waals surface area contributed by atoms with E-state index >= 15 is 4.39 Å². The predicted molar refractivity (Wildman–Crippen MR) is 168 cm³/mol. The number of anilines is 2. The van der Waals surface area contributed by atoms with Crippen molar-refractivity contribution in [1.29, 1.82) is 5.26 Å². The van der Waals surface area contributed by atoms with E-state index < -0.39 is 23.3 Å². The maximum absolute atomic E-state index is 17.1. The number of halogens is 4. The van der Waals surface area contributed by atoms with Crippen LogP contribution in [0.2, 0.25) is 5.02 Å². The van der Waals surface area contributed by atoms with Crippen molar-refractivity contribution >= 4 is 54.7 Å². The van der Waals surface area contributed by atoms with Crippen LogP contribution in [0.25, 0.3) is 32.1 Å². The third-order valence-corrected chi connectivity index (χ3v) is 11.0. The second-order valence-corrected chi connectivity index (χ2v) is 13.7. The summed E-state index contributed by atoms with van der Waals surface area (Å²) in [7, 11) is 0. The lowest BCUT2D eigenvalue weighted by molar-refractivity contribution is 0.107. The van der Waals surface area contributed by atoms with Crippen molar-refractivity contribution in [2.24, 2.45) is 0 Å². The van der Waals surface area contributed by atoms with Crippen molar-refractivity contribution in [3.05, 3.63) is 47.0 Å². The zero-order valence-corrected chi connectivity index (χ0v) is 25.7. The SMILES string of the molecule is C=C[C@H]1COc2c(Cl)c(-c3ccc(F)c4sc(N)c(C#N)c34)c(F)c3nc(OC[C@@]45CCCN4C[C@H](F)C5)nc(c23)N1C1CC1. The van der Waals surface area contributed by atoms with Gasteiger partial charge in [0.05, 0.1) is 32.3 Å². The first-order valence-electron chi connectivity index (χ1n) is 14.9. The van der Waals surface area contributed by atoms with E-state index in [0.29, 0.717) is 24.2 Å². The average Bonchev–Trinajstić information content (AvgIpc) is 3.63.